The third kappa shape index (κ3) is 3.45. The monoisotopic (exact) mass is 352 g/mol. The summed E-state index contributed by atoms with van der Waals surface area (Å²) in [6.07, 6.45) is 8.98. The average Bonchev–Trinajstić information content (AvgIpc) is 2.60. The standard InChI is InChI=1S/C22H28N2O2/c1-15(26-20-5-3-2-4-19(20)14-23)21(25)24-7-6-22-11-16-8-17(12-22)10-18(9-16)13-22/h2-5,15-18H,6-13H2,1H3,(H,24,25). The zero-order chi connectivity index (χ0) is 18.1. The first-order valence-electron chi connectivity index (χ1n) is 10.0. The SMILES string of the molecule is CC(Oc1ccccc1C#N)C(=O)NCCC12CC3CC(CC(C3)C1)C2. The smallest absolute Gasteiger partial charge is 0.260 e. The Kier molecular flexibility index (Phi) is 4.65. The van der Waals surface area contributed by atoms with Gasteiger partial charge in [0.15, 0.2) is 6.10 Å². The molecule has 0 spiro atoms. The molecule has 4 heteroatoms. The van der Waals surface area contributed by atoms with Crippen molar-refractivity contribution in [1.29, 1.82) is 5.26 Å². The third-order valence-electron chi connectivity index (χ3n) is 6.80. The van der Waals surface area contributed by atoms with Crippen LogP contribution in [0.5, 0.6) is 5.75 Å². The number of carbonyl (C=O) groups excluding carboxylic acids is 1. The number of hydrogen-bond acceptors (Lipinski definition) is 3. The lowest BCUT2D eigenvalue weighted by Crippen LogP contribution is -2.47. The third-order valence-corrected chi connectivity index (χ3v) is 6.80. The maximum Gasteiger partial charge on any atom is 0.260 e. The predicted octanol–water partition coefficient (Wildman–Crippen LogP) is 4.05. The van der Waals surface area contributed by atoms with Crippen LogP contribution in [0.3, 0.4) is 0 Å². The Bertz CT molecular complexity index is 686. The van der Waals surface area contributed by atoms with Crippen LogP contribution in [0.1, 0.15) is 57.4 Å². The Morgan fingerprint density at radius 3 is 2.46 bits per heavy atom. The van der Waals surface area contributed by atoms with Crippen LogP contribution in [0.15, 0.2) is 24.3 Å². The fourth-order valence-corrected chi connectivity index (χ4v) is 6.10. The summed E-state index contributed by atoms with van der Waals surface area (Å²) >= 11 is 0. The van der Waals surface area contributed by atoms with Gasteiger partial charge in [0, 0.05) is 6.54 Å². The minimum absolute atomic E-state index is 0.0949. The molecule has 0 heterocycles. The van der Waals surface area contributed by atoms with E-state index in [1.807, 2.05) is 6.07 Å². The minimum atomic E-state index is -0.596. The molecule has 138 valence electrons. The van der Waals surface area contributed by atoms with E-state index in [1.54, 1.807) is 25.1 Å². The second-order valence-corrected chi connectivity index (χ2v) is 8.83. The molecule has 1 aromatic rings. The molecule has 0 aromatic heterocycles. The van der Waals surface area contributed by atoms with E-state index in [0.29, 0.717) is 16.7 Å². The topological polar surface area (TPSA) is 62.1 Å². The normalized spacial score (nSPS) is 32.7. The van der Waals surface area contributed by atoms with E-state index in [4.69, 9.17) is 10.00 Å². The fraction of sp³-hybridized carbons (Fsp3) is 0.636. The van der Waals surface area contributed by atoms with E-state index in [-0.39, 0.29) is 5.91 Å². The quantitative estimate of drug-likeness (QED) is 0.840. The summed E-state index contributed by atoms with van der Waals surface area (Å²) in [5.41, 5.74) is 0.945. The van der Waals surface area contributed by atoms with Crippen molar-refractivity contribution in [3.63, 3.8) is 0 Å². The van der Waals surface area contributed by atoms with Crippen LogP contribution in [0, 0.1) is 34.5 Å². The van der Waals surface area contributed by atoms with Crippen LogP contribution >= 0.6 is 0 Å². The molecule has 1 unspecified atom stereocenters. The molecule has 26 heavy (non-hydrogen) atoms. The summed E-state index contributed by atoms with van der Waals surface area (Å²) in [5.74, 6) is 3.21. The number of nitrogens with one attached hydrogen (secondary N) is 1. The number of amides is 1. The number of benzene rings is 1. The Hall–Kier alpha value is -2.02. The van der Waals surface area contributed by atoms with Crippen LogP contribution in [-0.4, -0.2) is 18.6 Å². The van der Waals surface area contributed by atoms with Gasteiger partial charge in [-0.1, -0.05) is 12.1 Å². The van der Waals surface area contributed by atoms with Crippen molar-refractivity contribution in [3.8, 4) is 11.8 Å². The van der Waals surface area contributed by atoms with Crippen molar-refractivity contribution in [2.45, 2.75) is 58.0 Å². The second kappa shape index (κ2) is 6.95. The largest absolute Gasteiger partial charge is 0.480 e. The Morgan fingerprint density at radius 1 is 1.23 bits per heavy atom. The molecular weight excluding hydrogens is 324 g/mol. The van der Waals surface area contributed by atoms with Gasteiger partial charge in [0.25, 0.3) is 5.91 Å². The Morgan fingerprint density at radius 2 is 1.85 bits per heavy atom. The average molecular weight is 352 g/mol. The van der Waals surface area contributed by atoms with Gasteiger partial charge in [-0.15, -0.1) is 0 Å². The number of nitrogens with zero attached hydrogens (tertiary/aromatic N) is 1. The number of ether oxygens (including phenoxy) is 1. The summed E-state index contributed by atoms with van der Waals surface area (Å²) in [6.45, 7) is 2.48. The lowest BCUT2D eigenvalue weighted by atomic mass is 9.49. The molecular formula is C22H28N2O2. The first-order chi connectivity index (χ1) is 12.6. The summed E-state index contributed by atoms with van der Waals surface area (Å²) in [6, 6.07) is 9.14. The highest BCUT2D eigenvalue weighted by Gasteiger charge is 2.50. The molecule has 4 nitrogen and oxygen atoms in total. The van der Waals surface area contributed by atoms with Crippen molar-refractivity contribution < 1.29 is 9.53 Å². The molecule has 4 aliphatic carbocycles. The lowest BCUT2D eigenvalue weighted by Gasteiger charge is -2.57. The van der Waals surface area contributed by atoms with Gasteiger partial charge in [0.05, 0.1) is 5.56 Å². The second-order valence-electron chi connectivity index (χ2n) is 8.83. The zero-order valence-electron chi connectivity index (χ0n) is 15.5. The molecule has 1 atom stereocenters. The highest BCUT2D eigenvalue weighted by molar-refractivity contribution is 5.80. The molecule has 0 radical (unpaired) electrons. The van der Waals surface area contributed by atoms with Crippen LogP contribution < -0.4 is 10.1 Å². The maximum atomic E-state index is 12.4. The van der Waals surface area contributed by atoms with E-state index < -0.39 is 6.10 Å². The van der Waals surface area contributed by atoms with Crippen molar-refractivity contribution in [1.82, 2.24) is 5.32 Å². The highest BCUT2D eigenvalue weighted by Crippen LogP contribution is 2.61. The zero-order valence-corrected chi connectivity index (χ0v) is 15.5. The highest BCUT2D eigenvalue weighted by atomic mass is 16.5. The summed E-state index contributed by atoms with van der Waals surface area (Å²) in [4.78, 5) is 12.4. The first-order valence-corrected chi connectivity index (χ1v) is 10.0. The number of para-hydroxylation sites is 1. The summed E-state index contributed by atoms with van der Waals surface area (Å²) < 4.78 is 5.71. The van der Waals surface area contributed by atoms with E-state index in [0.717, 1.165) is 30.7 Å². The molecule has 0 aliphatic heterocycles. The van der Waals surface area contributed by atoms with Crippen molar-refractivity contribution in [2.24, 2.45) is 23.2 Å². The minimum Gasteiger partial charge on any atom is -0.480 e. The van der Waals surface area contributed by atoms with Crippen molar-refractivity contribution in [3.05, 3.63) is 29.8 Å². The van der Waals surface area contributed by atoms with Crippen molar-refractivity contribution in [2.75, 3.05) is 6.54 Å². The Balaban J connectivity index is 1.28. The van der Waals surface area contributed by atoms with Gasteiger partial charge in [-0.05, 0) is 87.2 Å². The van der Waals surface area contributed by atoms with Crippen molar-refractivity contribution >= 4 is 5.91 Å². The molecule has 0 saturated heterocycles. The summed E-state index contributed by atoms with van der Waals surface area (Å²) in [7, 11) is 0. The van der Waals surface area contributed by atoms with Crippen LogP contribution in [0.25, 0.3) is 0 Å². The number of carbonyl (C=O) groups is 1. The van der Waals surface area contributed by atoms with Gasteiger partial charge in [0.1, 0.15) is 11.8 Å². The fourth-order valence-electron chi connectivity index (χ4n) is 6.10. The molecule has 4 fully saturated rings. The van der Waals surface area contributed by atoms with Crippen LogP contribution in [-0.2, 0) is 4.79 Å². The van der Waals surface area contributed by atoms with Gasteiger partial charge in [-0.2, -0.15) is 5.26 Å². The van der Waals surface area contributed by atoms with E-state index >= 15 is 0 Å². The van der Waals surface area contributed by atoms with Gasteiger partial charge in [-0.3, -0.25) is 4.79 Å². The molecule has 4 bridgehead atoms. The Labute approximate surface area is 155 Å². The number of hydrogen-bond donors (Lipinski definition) is 1. The van der Waals surface area contributed by atoms with Crippen LogP contribution in [0.2, 0.25) is 0 Å². The maximum absolute atomic E-state index is 12.4. The molecule has 1 amide bonds. The first kappa shape index (κ1) is 17.4. The number of rotatable bonds is 6. The molecule has 1 aromatic carbocycles. The molecule has 4 saturated carbocycles. The molecule has 1 N–H and O–H groups in total. The van der Waals surface area contributed by atoms with Gasteiger partial charge in [-0.25, -0.2) is 0 Å². The predicted molar refractivity (Wildman–Crippen MR) is 99.5 cm³/mol. The summed E-state index contributed by atoms with van der Waals surface area (Å²) in [5, 5.41) is 12.2. The number of nitriles is 1. The van der Waals surface area contributed by atoms with Gasteiger partial charge in [0.2, 0.25) is 0 Å². The van der Waals surface area contributed by atoms with Gasteiger partial charge >= 0.3 is 0 Å². The van der Waals surface area contributed by atoms with E-state index in [1.165, 1.54) is 38.5 Å². The van der Waals surface area contributed by atoms with Crippen LogP contribution in [0.4, 0.5) is 0 Å². The van der Waals surface area contributed by atoms with E-state index in [9.17, 15) is 4.79 Å². The lowest BCUT2D eigenvalue weighted by molar-refractivity contribution is -0.127. The molecule has 5 rings (SSSR count). The van der Waals surface area contributed by atoms with Gasteiger partial charge < -0.3 is 10.1 Å². The van der Waals surface area contributed by atoms with E-state index in [2.05, 4.69) is 11.4 Å². The molecule has 4 aliphatic rings.